The predicted molar refractivity (Wildman–Crippen MR) is 42.3 cm³/mol. The Balaban J connectivity index is 2.47. The number of carbonyl (C=O) groups is 1. The molecule has 12 heavy (non-hydrogen) atoms. The summed E-state index contributed by atoms with van der Waals surface area (Å²) in [7, 11) is 1.32. The Kier molecular flexibility index (Phi) is 2.82. The maximum absolute atomic E-state index is 10.9. The number of nitrogens with one attached hydrogen (secondary N) is 1. The summed E-state index contributed by atoms with van der Waals surface area (Å²) < 4.78 is 4.47. The largest absolute Gasteiger partial charge is 0.468 e. The van der Waals surface area contributed by atoms with E-state index in [-0.39, 0.29) is 0 Å². The Morgan fingerprint density at radius 3 is 3.17 bits per heavy atom. The fraction of sp³-hybridized carbons (Fsp3) is 0.429. The number of ether oxygens (including phenoxy) is 1. The van der Waals surface area contributed by atoms with Crippen molar-refractivity contribution in [3.05, 3.63) is 18.0 Å². The molecule has 0 aliphatic heterocycles. The van der Waals surface area contributed by atoms with Crippen molar-refractivity contribution in [2.24, 2.45) is 5.73 Å². The topological polar surface area (TPSA) is 81.0 Å². The van der Waals surface area contributed by atoms with E-state index in [1.54, 1.807) is 12.4 Å². The van der Waals surface area contributed by atoms with E-state index in [0.717, 1.165) is 5.56 Å². The molecule has 0 saturated heterocycles. The molecule has 3 N–H and O–H groups in total. The van der Waals surface area contributed by atoms with Gasteiger partial charge < -0.3 is 10.5 Å². The molecule has 0 aliphatic carbocycles. The Hall–Kier alpha value is -1.36. The highest BCUT2D eigenvalue weighted by Crippen LogP contribution is 1.99. The highest BCUT2D eigenvalue weighted by atomic mass is 16.5. The molecule has 0 fully saturated rings. The van der Waals surface area contributed by atoms with Crippen LogP contribution in [0.5, 0.6) is 0 Å². The molecule has 0 bridgehead atoms. The van der Waals surface area contributed by atoms with Crippen LogP contribution in [-0.4, -0.2) is 29.3 Å². The van der Waals surface area contributed by atoms with Gasteiger partial charge in [-0.3, -0.25) is 9.89 Å². The average Bonchev–Trinajstić information content (AvgIpc) is 2.55. The number of hydrogen-bond acceptors (Lipinski definition) is 4. The van der Waals surface area contributed by atoms with Gasteiger partial charge in [-0.05, 0) is 5.56 Å². The Bertz CT molecular complexity index is 245. The quantitative estimate of drug-likeness (QED) is 0.595. The number of methoxy groups -OCH3 is 1. The van der Waals surface area contributed by atoms with Crippen LogP contribution in [0, 0.1) is 0 Å². The van der Waals surface area contributed by atoms with Crippen LogP contribution in [0.4, 0.5) is 0 Å². The second kappa shape index (κ2) is 3.87. The summed E-state index contributed by atoms with van der Waals surface area (Å²) in [4.78, 5) is 10.9. The van der Waals surface area contributed by atoms with E-state index in [0.29, 0.717) is 6.42 Å². The molecule has 1 unspecified atom stereocenters. The summed E-state index contributed by atoms with van der Waals surface area (Å²) in [5.74, 6) is -0.406. The molecule has 0 spiro atoms. The van der Waals surface area contributed by atoms with Gasteiger partial charge in [-0.2, -0.15) is 5.10 Å². The fourth-order valence-corrected chi connectivity index (χ4v) is 0.878. The summed E-state index contributed by atoms with van der Waals surface area (Å²) in [6.45, 7) is 0. The van der Waals surface area contributed by atoms with Crippen molar-refractivity contribution >= 4 is 5.97 Å². The van der Waals surface area contributed by atoms with Gasteiger partial charge in [0.25, 0.3) is 0 Å². The number of nitrogens with zero attached hydrogens (tertiary/aromatic N) is 1. The monoisotopic (exact) mass is 169 g/mol. The van der Waals surface area contributed by atoms with Gasteiger partial charge in [0, 0.05) is 12.6 Å². The number of esters is 1. The first-order valence-corrected chi connectivity index (χ1v) is 3.55. The van der Waals surface area contributed by atoms with Crippen molar-refractivity contribution in [2.75, 3.05) is 7.11 Å². The van der Waals surface area contributed by atoms with Gasteiger partial charge in [-0.1, -0.05) is 0 Å². The molecule has 0 radical (unpaired) electrons. The molecule has 1 aromatic heterocycles. The summed E-state index contributed by atoms with van der Waals surface area (Å²) in [5.41, 5.74) is 6.40. The lowest BCUT2D eigenvalue weighted by molar-refractivity contribution is -0.142. The number of hydrogen-bond donors (Lipinski definition) is 2. The third-order valence-corrected chi connectivity index (χ3v) is 1.51. The number of rotatable bonds is 3. The van der Waals surface area contributed by atoms with Crippen molar-refractivity contribution < 1.29 is 9.53 Å². The molecule has 5 heteroatoms. The van der Waals surface area contributed by atoms with Crippen LogP contribution in [0.3, 0.4) is 0 Å². The van der Waals surface area contributed by atoms with Crippen molar-refractivity contribution in [2.45, 2.75) is 12.5 Å². The van der Waals surface area contributed by atoms with E-state index < -0.39 is 12.0 Å². The normalized spacial score (nSPS) is 12.5. The lowest BCUT2D eigenvalue weighted by atomic mass is 10.1. The average molecular weight is 169 g/mol. The number of aromatic nitrogens is 2. The lowest BCUT2D eigenvalue weighted by Gasteiger charge is -2.06. The van der Waals surface area contributed by atoms with E-state index in [1.807, 2.05) is 0 Å². The summed E-state index contributed by atoms with van der Waals surface area (Å²) >= 11 is 0. The molecule has 1 atom stereocenters. The van der Waals surface area contributed by atoms with Crippen LogP contribution in [0.25, 0.3) is 0 Å². The first-order valence-electron chi connectivity index (χ1n) is 3.55. The summed E-state index contributed by atoms with van der Waals surface area (Å²) in [6, 6.07) is -0.604. The van der Waals surface area contributed by atoms with Crippen molar-refractivity contribution in [3.63, 3.8) is 0 Å². The van der Waals surface area contributed by atoms with Gasteiger partial charge in [0.2, 0.25) is 0 Å². The third-order valence-electron chi connectivity index (χ3n) is 1.51. The Morgan fingerprint density at radius 2 is 2.67 bits per heavy atom. The molecule has 1 rings (SSSR count). The first-order chi connectivity index (χ1) is 5.74. The van der Waals surface area contributed by atoms with E-state index in [9.17, 15) is 4.79 Å². The van der Waals surface area contributed by atoms with Gasteiger partial charge in [0.1, 0.15) is 6.04 Å². The van der Waals surface area contributed by atoms with E-state index in [2.05, 4.69) is 14.9 Å². The number of H-pyrrole nitrogens is 1. The standard InChI is InChI=1S/C7H11N3O2/c1-12-7(11)6(8)2-5-3-9-10-4-5/h3-4,6H,2,8H2,1H3,(H,9,10). The summed E-state index contributed by atoms with van der Waals surface area (Å²) in [6.07, 6.45) is 3.77. The number of nitrogens with two attached hydrogens (primary N) is 1. The van der Waals surface area contributed by atoms with Crippen LogP contribution in [0.2, 0.25) is 0 Å². The van der Waals surface area contributed by atoms with E-state index in [4.69, 9.17) is 5.73 Å². The second-order valence-electron chi connectivity index (χ2n) is 2.44. The highest BCUT2D eigenvalue weighted by molar-refractivity contribution is 5.75. The van der Waals surface area contributed by atoms with Crippen molar-refractivity contribution in [3.8, 4) is 0 Å². The molecular weight excluding hydrogens is 158 g/mol. The van der Waals surface area contributed by atoms with E-state index in [1.165, 1.54) is 7.11 Å². The molecule has 5 nitrogen and oxygen atoms in total. The zero-order valence-electron chi connectivity index (χ0n) is 6.78. The van der Waals surface area contributed by atoms with Crippen molar-refractivity contribution in [1.29, 1.82) is 0 Å². The Labute approximate surface area is 69.9 Å². The molecule has 1 heterocycles. The zero-order chi connectivity index (χ0) is 8.97. The third kappa shape index (κ3) is 2.06. The van der Waals surface area contributed by atoms with Gasteiger partial charge in [-0.25, -0.2) is 0 Å². The fourth-order valence-electron chi connectivity index (χ4n) is 0.878. The van der Waals surface area contributed by atoms with Gasteiger partial charge in [-0.15, -0.1) is 0 Å². The van der Waals surface area contributed by atoms with Crippen LogP contribution < -0.4 is 5.73 Å². The predicted octanol–water partition coefficient (Wildman–Crippen LogP) is -0.548. The molecule has 0 aromatic carbocycles. The van der Waals surface area contributed by atoms with Crippen LogP contribution in [-0.2, 0) is 16.0 Å². The van der Waals surface area contributed by atoms with Gasteiger partial charge >= 0.3 is 5.97 Å². The van der Waals surface area contributed by atoms with Gasteiger partial charge in [0.15, 0.2) is 0 Å². The van der Waals surface area contributed by atoms with Crippen LogP contribution >= 0.6 is 0 Å². The van der Waals surface area contributed by atoms with Crippen LogP contribution in [0.1, 0.15) is 5.56 Å². The highest BCUT2D eigenvalue weighted by Gasteiger charge is 2.14. The zero-order valence-corrected chi connectivity index (χ0v) is 6.78. The number of carbonyl (C=O) groups excluding carboxylic acids is 1. The smallest absolute Gasteiger partial charge is 0.322 e. The minimum atomic E-state index is -0.604. The van der Waals surface area contributed by atoms with Crippen LogP contribution in [0.15, 0.2) is 12.4 Å². The Morgan fingerprint density at radius 1 is 1.92 bits per heavy atom. The second-order valence-corrected chi connectivity index (χ2v) is 2.44. The molecular formula is C7H11N3O2. The van der Waals surface area contributed by atoms with E-state index >= 15 is 0 Å². The molecule has 66 valence electrons. The lowest BCUT2D eigenvalue weighted by Crippen LogP contribution is -2.33. The minimum absolute atomic E-state index is 0.406. The maximum Gasteiger partial charge on any atom is 0.322 e. The van der Waals surface area contributed by atoms with Crippen molar-refractivity contribution in [1.82, 2.24) is 10.2 Å². The molecule has 0 saturated carbocycles. The molecule has 0 aliphatic rings. The number of aromatic amines is 1. The maximum atomic E-state index is 10.9. The molecule has 0 amide bonds. The van der Waals surface area contributed by atoms with Gasteiger partial charge in [0.05, 0.1) is 13.3 Å². The SMILES string of the molecule is COC(=O)C(N)Cc1cn[nH]c1. The summed E-state index contributed by atoms with van der Waals surface area (Å²) in [5, 5.41) is 6.36. The minimum Gasteiger partial charge on any atom is -0.468 e. The first kappa shape index (κ1) is 8.73. The molecule has 1 aromatic rings.